The van der Waals surface area contributed by atoms with E-state index in [4.69, 9.17) is 0 Å². The summed E-state index contributed by atoms with van der Waals surface area (Å²) in [6, 6.07) is 18.2. The van der Waals surface area contributed by atoms with Gasteiger partial charge in [-0.1, -0.05) is 42.5 Å². The maximum atomic E-state index is 12.9. The number of benzene rings is 2. The Morgan fingerprint density at radius 2 is 1.76 bits per heavy atom. The third-order valence-corrected chi connectivity index (χ3v) is 5.81. The molecule has 29 heavy (non-hydrogen) atoms. The fourth-order valence-corrected chi connectivity index (χ4v) is 4.20. The van der Waals surface area contributed by atoms with Crippen molar-refractivity contribution in [2.45, 2.75) is 32.4 Å². The number of rotatable bonds is 4. The highest BCUT2D eigenvalue weighted by molar-refractivity contribution is 5.89. The molecule has 2 heterocycles. The Balaban J connectivity index is 1.28. The molecular weight excluding hydrogens is 364 g/mol. The zero-order valence-electron chi connectivity index (χ0n) is 16.9. The van der Waals surface area contributed by atoms with Gasteiger partial charge in [-0.25, -0.2) is 9.59 Å². The first-order valence-electron chi connectivity index (χ1n) is 10.3. The van der Waals surface area contributed by atoms with Gasteiger partial charge in [0.25, 0.3) is 0 Å². The van der Waals surface area contributed by atoms with Crippen molar-refractivity contribution in [1.82, 2.24) is 14.7 Å². The van der Waals surface area contributed by atoms with Crippen molar-refractivity contribution in [3.63, 3.8) is 0 Å². The van der Waals surface area contributed by atoms with Gasteiger partial charge in [-0.05, 0) is 43.0 Å². The zero-order chi connectivity index (χ0) is 20.2. The number of carbonyl (C=O) groups is 2. The van der Waals surface area contributed by atoms with Gasteiger partial charge < -0.3 is 20.0 Å². The SMILES string of the molecule is Cc1cccc(NC(=O)N2CCC(N3CCN(Cc4ccccc4)C3=O)CC2)c1. The first-order chi connectivity index (χ1) is 14.1. The number of nitrogens with zero attached hydrogens (tertiary/aromatic N) is 3. The molecule has 0 unspecified atom stereocenters. The molecule has 2 aliphatic heterocycles. The van der Waals surface area contributed by atoms with Crippen molar-refractivity contribution in [2.24, 2.45) is 0 Å². The predicted octanol–water partition coefficient (Wildman–Crippen LogP) is 3.93. The first-order valence-corrected chi connectivity index (χ1v) is 10.3. The molecular formula is C23H28N4O2. The monoisotopic (exact) mass is 392 g/mol. The van der Waals surface area contributed by atoms with Gasteiger partial charge >= 0.3 is 12.1 Å². The van der Waals surface area contributed by atoms with Crippen LogP contribution in [0.4, 0.5) is 15.3 Å². The standard InChI is InChI=1S/C23H28N4O2/c1-18-6-5-9-20(16-18)24-22(28)25-12-10-21(11-13-25)27-15-14-26(23(27)29)17-19-7-3-2-4-8-19/h2-9,16,21H,10-15,17H2,1H3,(H,24,28). The van der Waals surface area contributed by atoms with E-state index in [1.54, 1.807) is 0 Å². The van der Waals surface area contributed by atoms with Gasteiger partial charge in [-0.3, -0.25) is 0 Å². The number of hydrogen-bond donors (Lipinski definition) is 1. The lowest BCUT2D eigenvalue weighted by Gasteiger charge is -2.36. The van der Waals surface area contributed by atoms with E-state index >= 15 is 0 Å². The van der Waals surface area contributed by atoms with Crippen molar-refractivity contribution >= 4 is 17.7 Å². The van der Waals surface area contributed by atoms with Gasteiger partial charge in [0.1, 0.15) is 0 Å². The number of hydrogen-bond acceptors (Lipinski definition) is 2. The molecule has 1 N–H and O–H groups in total. The quantitative estimate of drug-likeness (QED) is 0.857. The summed E-state index contributed by atoms with van der Waals surface area (Å²) in [5.41, 5.74) is 3.10. The minimum Gasteiger partial charge on any atom is -0.324 e. The second kappa shape index (κ2) is 8.55. The van der Waals surface area contributed by atoms with E-state index in [0.717, 1.165) is 42.7 Å². The molecule has 2 saturated heterocycles. The average molecular weight is 393 g/mol. The van der Waals surface area contributed by atoms with Crippen LogP contribution < -0.4 is 5.32 Å². The Labute approximate surface area is 172 Å². The van der Waals surface area contributed by atoms with E-state index in [2.05, 4.69) is 17.4 Å². The van der Waals surface area contributed by atoms with Crippen LogP contribution in [0.1, 0.15) is 24.0 Å². The zero-order valence-corrected chi connectivity index (χ0v) is 16.9. The summed E-state index contributed by atoms with van der Waals surface area (Å²) in [7, 11) is 0. The summed E-state index contributed by atoms with van der Waals surface area (Å²) in [6.07, 6.45) is 1.65. The molecule has 4 amide bonds. The average Bonchev–Trinajstić information content (AvgIpc) is 3.09. The lowest BCUT2D eigenvalue weighted by Crippen LogP contribution is -2.49. The Kier molecular flexibility index (Phi) is 5.69. The van der Waals surface area contributed by atoms with Crippen molar-refractivity contribution in [3.05, 3.63) is 65.7 Å². The molecule has 2 aliphatic rings. The molecule has 6 heteroatoms. The van der Waals surface area contributed by atoms with Crippen LogP contribution in [0.15, 0.2) is 54.6 Å². The molecule has 2 aromatic carbocycles. The minimum atomic E-state index is -0.0625. The minimum absolute atomic E-state index is 0.0625. The Morgan fingerprint density at radius 3 is 2.48 bits per heavy atom. The van der Waals surface area contributed by atoms with Crippen LogP contribution in [0, 0.1) is 6.92 Å². The van der Waals surface area contributed by atoms with Crippen LogP contribution in [0.5, 0.6) is 0 Å². The van der Waals surface area contributed by atoms with Crippen molar-refractivity contribution in [2.75, 3.05) is 31.5 Å². The van der Waals surface area contributed by atoms with Crippen molar-refractivity contribution < 1.29 is 9.59 Å². The highest BCUT2D eigenvalue weighted by Gasteiger charge is 2.35. The van der Waals surface area contributed by atoms with Crippen LogP contribution in [0.25, 0.3) is 0 Å². The van der Waals surface area contributed by atoms with E-state index in [-0.39, 0.29) is 18.1 Å². The summed E-state index contributed by atoms with van der Waals surface area (Å²) in [6.45, 7) is 5.55. The highest BCUT2D eigenvalue weighted by atomic mass is 16.2. The molecule has 152 valence electrons. The number of piperidine rings is 1. The van der Waals surface area contributed by atoms with E-state index in [1.807, 2.05) is 64.1 Å². The molecule has 0 aliphatic carbocycles. The number of likely N-dealkylation sites (tertiary alicyclic amines) is 1. The van der Waals surface area contributed by atoms with Crippen LogP contribution in [-0.2, 0) is 6.54 Å². The molecule has 0 bridgehead atoms. The summed E-state index contributed by atoms with van der Waals surface area (Å²) < 4.78 is 0. The van der Waals surface area contributed by atoms with E-state index in [9.17, 15) is 9.59 Å². The summed E-state index contributed by atoms with van der Waals surface area (Å²) >= 11 is 0. The predicted molar refractivity (Wildman–Crippen MR) is 114 cm³/mol. The number of nitrogens with one attached hydrogen (secondary N) is 1. The molecule has 0 radical (unpaired) electrons. The van der Waals surface area contributed by atoms with Gasteiger partial charge in [0.2, 0.25) is 0 Å². The summed E-state index contributed by atoms with van der Waals surface area (Å²) in [4.78, 5) is 31.2. The second-order valence-electron chi connectivity index (χ2n) is 7.90. The van der Waals surface area contributed by atoms with E-state index in [0.29, 0.717) is 19.6 Å². The third-order valence-electron chi connectivity index (χ3n) is 5.81. The molecule has 0 spiro atoms. The maximum Gasteiger partial charge on any atom is 0.321 e. The molecule has 0 saturated carbocycles. The van der Waals surface area contributed by atoms with Gasteiger partial charge in [-0.15, -0.1) is 0 Å². The molecule has 4 rings (SSSR count). The number of carbonyl (C=O) groups excluding carboxylic acids is 2. The molecule has 0 aromatic heterocycles. The smallest absolute Gasteiger partial charge is 0.321 e. The number of aryl methyl sites for hydroxylation is 1. The normalized spacial score (nSPS) is 17.7. The second-order valence-corrected chi connectivity index (χ2v) is 7.90. The highest BCUT2D eigenvalue weighted by Crippen LogP contribution is 2.23. The van der Waals surface area contributed by atoms with Crippen molar-refractivity contribution in [1.29, 1.82) is 0 Å². The lowest BCUT2D eigenvalue weighted by molar-refractivity contribution is 0.139. The van der Waals surface area contributed by atoms with E-state index in [1.165, 1.54) is 0 Å². The van der Waals surface area contributed by atoms with Crippen molar-refractivity contribution in [3.8, 4) is 0 Å². The fraction of sp³-hybridized carbons (Fsp3) is 0.391. The topological polar surface area (TPSA) is 55.9 Å². The third kappa shape index (κ3) is 4.53. The van der Waals surface area contributed by atoms with Gasteiger partial charge in [0.15, 0.2) is 0 Å². The number of amides is 4. The first kappa shape index (κ1) is 19.3. The van der Waals surface area contributed by atoms with Crippen LogP contribution in [0.2, 0.25) is 0 Å². The fourth-order valence-electron chi connectivity index (χ4n) is 4.20. The van der Waals surface area contributed by atoms with Gasteiger partial charge in [-0.2, -0.15) is 0 Å². The summed E-state index contributed by atoms with van der Waals surface area (Å²) in [5, 5.41) is 2.98. The molecule has 2 fully saturated rings. The lowest BCUT2D eigenvalue weighted by atomic mass is 10.0. The van der Waals surface area contributed by atoms with Gasteiger partial charge in [0, 0.05) is 44.5 Å². The van der Waals surface area contributed by atoms with E-state index < -0.39 is 0 Å². The largest absolute Gasteiger partial charge is 0.324 e. The maximum absolute atomic E-state index is 12.9. The number of anilines is 1. The Morgan fingerprint density at radius 1 is 1.00 bits per heavy atom. The van der Waals surface area contributed by atoms with Gasteiger partial charge in [0.05, 0.1) is 0 Å². The number of urea groups is 2. The molecule has 2 aromatic rings. The molecule has 6 nitrogen and oxygen atoms in total. The Hall–Kier alpha value is -3.02. The molecule has 0 atom stereocenters. The Bertz CT molecular complexity index is 862. The van der Waals surface area contributed by atoms with Crippen LogP contribution >= 0.6 is 0 Å². The summed E-state index contributed by atoms with van der Waals surface area (Å²) in [5.74, 6) is 0. The van der Waals surface area contributed by atoms with Crippen LogP contribution in [-0.4, -0.2) is 59.0 Å². The van der Waals surface area contributed by atoms with Crippen LogP contribution in [0.3, 0.4) is 0 Å².